The van der Waals surface area contributed by atoms with Gasteiger partial charge in [0.05, 0.1) is 18.3 Å². The van der Waals surface area contributed by atoms with Crippen molar-refractivity contribution in [2.24, 2.45) is 16.8 Å². The van der Waals surface area contributed by atoms with Gasteiger partial charge in [0.25, 0.3) is 11.9 Å². The molecule has 1 saturated heterocycles. The zero-order valence-electron chi connectivity index (χ0n) is 20.2. The van der Waals surface area contributed by atoms with Crippen LogP contribution in [0.2, 0.25) is 0 Å². The minimum atomic E-state index is -4.52. The molecule has 5 rings (SSSR count). The fraction of sp³-hybridized carbons (Fsp3) is 0.481. The topological polar surface area (TPSA) is 71.4 Å². The smallest absolute Gasteiger partial charge is 0.416 e. The summed E-state index contributed by atoms with van der Waals surface area (Å²) in [6.45, 7) is 2.21. The predicted molar refractivity (Wildman–Crippen MR) is 126 cm³/mol. The van der Waals surface area contributed by atoms with Gasteiger partial charge in [-0.25, -0.2) is 4.39 Å². The molecule has 2 aromatic carbocycles. The number of aliphatic hydroxyl groups is 1. The first-order chi connectivity index (χ1) is 17.6. The first-order valence-electron chi connectivity index (χ1n) is 12.3. The summed E-state index contributed by atoms with van der Waals surface area (Å²) in [6, 6.07) is 10.2. The van der Waals surface area contributed by atoms with Crippen LogP contribution in [0.3, 0.4) is 0 Å². The van der Waals surface area contributed by atoms with Crippen LogP contribution in [-0.2, 0) is 20.4 Å². The van der Waals surface area contributed by atoms with E-state index in [9.17, 15) is 27.5 Å². The van der Waals surface area contributed by atoms with Crippen molar-refractivity contribution < 1.29 is 36.9 Å². The van der Waals surface area contributed by atoms with Gasteiger partial charge in [0.2, 0.25) is 0 Å². The molecule has 1 aliphatic carbocycles. The number of aryl methyl sites for hydroxylation is 1. The number of amides is 1. The second-order valence-corrected chi connectivity index (χ2v) is 10.0. The lowest BCUT2D eigenvalue weighted by Crippen LogP contribution is -2.38. The first kappa shape index (κ1) is 25.7. The van der Waals surface area contributed by atoms with Crippen molar-refractivity contribution in [3.05, 3.63) is 70.5 Å². The highest BCUT2D eigenvalue weighted by molar-refractivity contribution is 5.96. The second kappa shape index (κ2) is 10.1. The SMILES string of the molecule is Cc1cc([C@@H](CO)O[C@H]2CC[C@@H]3CN(C4=NC(=O)CO4)C[C@H]3[C@@H]2c2ccc(F)cc2)cc(C(F)(F)F)c1. The number of hydrogen-bond donors (Lipinski definition) is 1. The Kier molecular flexibility index (Phi) is 6.97. The van der Waals surface area contributed by atoms with E-state index in [0.29, 0.717) is 31.1 Å². The zero-order chi connectivity index (χ0) is 26.3. The summed E-state index contributed by atoms with van der Waals surface area (Å²) in [4.78, 5) is 17.5. The second-order valence-electron chi connectivity index (χ2n) is 10.0. The standard InChI is InChI=1S/C27H28F4N2O4/c1-15-8-18(10-19(9-15)27(29,30)31)23(13-34)37-22-7-4-17-11-33(26-32-24(35)14-36-26)12-21(17)25(22)16-2-5-20(28)6-3-16/h2-3,5-6,8-10,17,21-23,25,34H,4,7,11-14H2,1H3/t17-,21-,22+,23-,25+/m1/s1. The van der Waals surface area contributed by atoms with Crippen LogP contribution in [0.1, 0.15) is 47.1 Å². The van der Waals surface area contributed by atoms with Gasteiger partial charge in [-0.15, -0.1) is 0 Å². The van der Waals surface area contributed by atoms with Gasteiger partial charge in [0.1, 0.15) is 11.9 Å². The van der Waals surface area contributed by atoms with E-state index in [1.54, 1.807) is 25.1 Å². The fourth-order valence-corrected chi connectivity index (χ4v) is 5.96. The van der Waals surface area contributed by atoms with E-state index in [1.165, 1.54) is 12.1 Å². The van der Waals surface area contributed by atoms with Crippen molar-refractivity contribution in [3.8, 4) is 0 Å². The highest BCUT2D eigenvalue weighted by Crippen LogP contribution is 2.48. The third-order valence-corrected chi connectivity index (χ3v) is 7.55. The van der Waals surface area contributed by atoms with Crippen LogP contribution in [0.4, 0.5) is 17.6 Å². The molecule has 0 radical (unpaired) electrons. The van der Waals surface area contributed by atoms with Crippen molar-refractivity contribution in [3.63, 3.8) is 0 Å². The van der Waals surface area contributed by atoms with E-state index >= 15 is 0 Å². The van der Waals surface area contributed by atoms with Crippen molar-refractivity contribution >= 4 is 11.9 Å². The number of ether oxygens (including phenoxy) is 2. The molecule has 10 heteroatoms. The molecule has 2 fully saturated rings. The Balaban J connectivity index is 1.44. The molecule has 1 amide bonds. The number of aliphatic hydroxyl groups excluding tert-OH is 1. The van der Waals surface area contributed by atoms with Crippen LogP contribution < -0.4 is 0 Å². The molecule has 3 aliphatic rings. The number of benzene rings is 2. The lowest BCUT2D eigenvalue weighted by molar-refractivity contribution is -0.138. The number of likely N-dealkylation sites (tertiary alicyclic amines) is 1. The number of alkyl halides is 3. The highest BCUT2D eigenvalue weighted by atomic mass is 19.4. The maximum atomic E-state index is 13.8. The van der Waals surface area contributed by atoms with Crippen LogP contribution in [0, 0.1) is 24.6 Å². The van der Waals surface area contributed by atoms with Crippen molar-refractivity contribution in [1.82, 2.24) is 4.90 Å². The van der Waals surface area contributed by atoms with Crippen molar-refractivity contribution in [1.29, 1.82) is 0 Å². The molecule has 1 N–H and O–H groups in total. The average Bonchev–Trinajstić information content (AvgIpc) is 3.48. The summed E-state index contributed by atoms with van der Waals surface area (Å²) in [5, 5.41) is 10.2. The number of hydrogen-bond acceptors (Lipinski definition) is 5. The predicted octanol–water partition coefficient (Wildman–Crippen LogP) is 4.61. The molecule has 2 aliphatic heterocycles. The number of halogens is 4. The van der Waals surface area contributed by atoms with Gasteiger partial charge in [0.15, 0.2) is 6.61 Å². The van der Waals surface area contributed by atoms with Crippen molar-refractivity contribution in [2.75, 3.05) is 26.3 Å². The normalized spacial score (nSPS) is 26.6. The van der Waals surface area contributed by atoms with Crippen LogP contribution >= 0.6 is 0 Å². The highest BCUT2D eigenvalue weighted by Gasteiger charge is 2.48. The quantitative estimate of drug-likeness (QED) is 0.584. The Labute approximate surface area is 211 Å². The number of aliphatic imine (C=N–C) groups is 1. The summed E-state index contributed by atoms with van der Waals surface area (Å²) >= 11 is 0. The molecule has 6 nitrogen and oxygen atoms in total. The molecule has 1 saturated carbocycles. The van der Waals surface area contributed by atoms with E-state index in [0.717, 1.165) is 24.1 Å². The molecule has 0 bridgehead atoms. The molecule has 0 unspecified atom stereocenters. The van der Waals surface area contributed by atoms with Gasteiger partial charge in [0, 0.05) is 19.0 Å². The number of nitrogens with zero attached hydrogens (tertiary/aromatic N) is 2. The Morgan fingerprint density at radius 3 is 2.57 bits per heavy atom. The molecule has 0 spiro atoms. The zero-order valence-corrected chi connectivity index (χ0v) is 20.2. The summed E-state index contributed by atoms with van der Waals surface area (Å²) in [5.41, 5.74) is 0.742. The van der Waals surface area contributed by atoms with Gasteiger partial charge in [-0.1, -0.05) is 23.8 Å². The van der Waals surface area contributed by atoms with Gasteiger partial charge in [-0.05, 0) is 67.0 Å². The van der Waals surface area contributed by atoms with Crippen molar-refractivity contribution in [2.45, 2.75) is 44.1 Å². The molecule has 37 heavy (non-hydrogen) atoms. The first-order valence-corrected chi connectivity index (χ1v) is 12.3. The van der Waals surface area contributed by atoms with Gasteiger partial charge < -0.3 is 19.5 Å². The van der Waals surface area contributed by atoms with Gasteiger partial charge >= 0.3 is 6.18 Å². The Morgan fingerprint density at radius 2 is 1.92 bits per heavy atom. The lowest BCUT2D eigenvalue weighted by atomic mass is 9.69. The molecule has 5 atom stereocenters. The number of rotatable bonds is 5. The maximum Gasteiger partial charge on any atom is 0.416 e. The summed E-state index contributed by atoms with van der Waals surface area (Å²) in [7, 11) is 0. The van der Waals surface area contributed by atoms with E-state index < -0.39 is 30.6 Å². The van der Waals surface area contributed by atoms with Crippen LogP contribution in [0.15, 0.2) is 47.5 Å². The molecule has 0 aromatic heterocycles. The maximum absolute atomic E-state index is 13.8. The van der Waals surface area contributed by atoms with E-state index in [1.807, 2.05) is 4.90 Å². The Bertz CT molecular complexity index is 1180. The average molecular weight is 521 g/mol. The molecule has 198 valence electrons. The molecule has 2 heterocycles. The Hall–Kier alpha value is -2.98. The van der Waals surface area contributed by atoms with E-state index in [-0.39, 0.29) is 41.6 Å². The van der Waals surface area contributed by atoms with Gasteiger partial charge in [-0.2, -0.15) is 18.2 Å². The Morgan fingerprint density at radius 1 is 1.16 bits per heavy atom. The number of carbonyl (C=O) groups excluding carboxylic acids is 1. The van der Waals surface area contributed by atoms with E-state index in [2.05, 4.69) is 4.99 Å². The third-order valence-electron chi connectivity index (χ3n) is 7.55. The molecule has 2 aromatic rings. The number of carbonyl (C=O) groups is 1. The minimum Gasteiger partial charge on any atom is -0.455 e. The largest absolute Gasteiger partial charge is 0.455 e. The number of amidine groups is 1. The lowest BCUT2D eigenvalue weighted by Gasteiger charge is -2.41. The third kappa shape index (κ3) is 5.36. The minimum absolute atomic E-state index is 0.0498. The summed E-state index contributed by atoms with van der Waals surface area (Å²) in [5.74, 6) is -0.623. The van der Waals surface area contributed by atoms with Gasteiger partial charge in [-0.3, -0.25) is 4.79 Å². The van der Waals surface area contributed by atoms with E-state index in [4.69, 9.17) is 9.47 Å². The van der Waals surface area contributed by atoms with Crippen LogP contribution in [0.5, 0.6) is 0 Å². The summed E-state index contributed by atoms with van der Waals surface area (Å²) < 4.78 is 65.9. The van der Waals surface area contributed by atoms with Crippen LogP contribution in [-0.4, -0.2) is 54.3 Å². The monoisotopic (exact) mass is 520 g/mol. The summed E-state index contributed by atoms with van der Waals surface area (Å²) in [6.07, 6.45) is -4.51. The molecular weight excluding hydrogens is 492 g/mol. The number of fused-ring (bicyclic) bond motifs is 1. The van der Waals surface area contributed by atoms with Crippen LogP contribution in [0.25, 0.3) is 0 Å². The molecular formula is C27H28F4N2O4. The fourth-order valence-electron chi connectivity index (χ4n) is 5.96.